The van der Waals surface area contributed by atoms with Crippen LogP contribution >= 0.6 is 0 Å². The lowest BCUT2D eigenvalue weighted by Crippen LogP contribution is -2.23. The molecule has 1 amide bonds. The molecule has 0 aromatic heterocycles. The highest BCUT2D eigenvalue weighted by molar-refractivity contribution is 6.02. The molecule has 0 saturated carbocycles. The second-order valence-electron chi connectivity index (χ2n) is 7.43. The predicted octanol–water partition coefficient (Wildman–Crippen LogP) is 4.20. The number of fused-ring (bicyclic) bond motifs is 1. The summed E-state index contributed by atoms with van der Waals surface area (Å²) in [5.74, 6) is -1.53. The van der Waals surface area contributed by atoms with Crippen molar-refractivity contribution in [2.24, 2.45) is 5.92 Å². The molecule has 0 spiro atoms. The number of amides is 1. The number of halogens is 2. The lowest BCUT2D eigenvalue weighted by atomic mass is 9.95. The molecule has 0 fully saturated rings. The van der Waals surface area contributed by atoms with Gasteiger partial charge >= 0.3 is 0 Å². The van der Waals surface area contributed by atoms with Gasteiger partial charge in [0.25, 0.3) is 5.91 Å². The largest absolute Gasteiger partial charge is 0.508 e. The van der Waals surface area contributed by atoms with Crippen LogP contribution in [0.1, 0.15) is 37.4 Å². The SMILES string of the molecule is O=C(NCc1cc(F)ccc1F)c1ccc(CC2Cc3cc(O)ccc3C2=O)cc1. The van der Waals surface area contributed by atoms with Crippen molar-refractivity contribution in [3.63, 3.8) is 0 Å². The van der Waals surface area contributed by atoms with Gasteiger partial charge in [0.15, 0.2) is 5.78 Å². The van der Waals surface area contributed by atoms with Crippen LogP contribution in [0.15, 0.2) is 60.7 Å². The van der Waals surface area contributed by atoms with E-state index in [9.17, 15) is 23.5 Å². The molecular weight excluding hydrogens is 388 g/mol. The van der Waals surface area contributed by atoms with Crippen molar-refractivity contribution in [1.82, 2.24) is 5.32 Å². The van der Waals surface area contributed by atoms with Gasteiger partial charge in [0.2, 0.25) is 0 Å². The van der Waals surface area contributed by atoms with E-state index < -0.39 is 17.5 Å². The molecule has 30 heavy (non-hydrogen) atoms. The maximum absolute atomic E-state index is 13.7. The number of aromatic hydroxyl groups is 1. The number of phenolic OH excluding ortho intramolecular Hbond substituents is 1. The lowest BCUT2D eigenvalue weighted by Gasteiger charge is -2.10. The van der Waals surface area contributed by atoms with Crippen LogP contribution in [0.5, 0.6) is 5.75 Å². The number of nitrogens with one attached hydrogen (secondary N) is 1. The zero-order chi connectivity index (χ0) is 21.3. The Kier molecular flexibility index (Phi) is 5.31. The van der Waals surface area contributed by atoms with Crippen molar-refractivity contribution in [2.45, 2.75) is 19.4 Å². The summed E-state index contributed by atoms with van der Waals surface area (Å²) in [6.07, 6.45) is 1.11. The van der Waals surface area contributed by atoms with Gasteiger partial charge in [0.1, 0.15) is 17.4 Å². The van der Waals surface area contributed by atoms with Crippen LogP contribution in [-0.4, -0.2) is 16.8 Å². The van der Waals surface area contributed by atoms with Crippen LogP contribution in [-0.2, 0) is 19.4 Å². The first kappa shape index (κ1) is 19.8. The maximum Gasteiger partial charge on any atom is 0.251 e. The van der Waals surface area contributed by atoms with Crippen molar-refractivity contribution < 1.29 is 23.5 Å². The zero-order valence-corrected chi connectivity index (χ0v) is 16.0. The Morgan fingerprint density at radius 2 is 1.80 bits per heavy atom. The van der Waals surface area contributed by atoms with E-state index in [1.165, 1.54) is 6.07 Å². The second-order valence-corrected chi connectivity index (χ2v) is 7.43. The van der Waals surface area contributed by atoms with Crippen LogP contribution in [0, 0.1) is 17.6 Å². The fourth-order valence-electron chi connectivity index (χ4n) is 3.77. The Labute approximate surface area is 172 Å². The number of phenols is 1. The van der Waals surface area contributed by atoms with E-state index in [1.807, 2.05) is 0 Å². The van der Waals surface area contributed by atoms with Gasteiger partial charge in [-0.2, -0.15) is 0 Å². The van der Waals surface area contributed by atoms with Gasteiger partial charge in [-0.05, 0) is 72.5 Å². The Balaban J connectivity index is 1.38. The first-order chi connectivity index (χ1) is 14.4. The van der Waals surface area contributed by atoms with Crippen molar-refractivity contribution >= 4 is 11.7 Å². The highest BCUT2D eigenvalue weighted by Gasteiger charge is 2.30. The average molecular weight is 407 g/mol. The number of carbonyl (C=O) groups excluding carboxylic acids is 2. The zero-order valence-electron chi connectivity index (χ0n) is 16.0. The van der Waals surface area contributed by atoms with Crippen molar-refractivity contribution in [3.05, 3.63) is 100 Å². The molecule has 1 aliphatic carbocycles. The molecule has 3 aromatic rings. The molecule has 152 valence electrons. The first-order valence-electron chi connectivity index (χ1n) is 9.58. The van der Waals surface area contributed by atoms with E-state index >= 15 is 0 Å². The Hall–Kier alpha value is -3.54. The predicted molar refractivity (Wildman–Crippen MR) is 107 cm³/mol. The second kappa shape index (κ2) is 8.06. The molecule has 0 heterocycles. The van der Waals surface area contributed by atoms with Gasteiger partial charge in [-0.15, -0.1) is 0 Å². The Bertz CT molecular complexity index is 1130. The highest BCUT2D eigenvalue weighted by Crippen LogP contribution is 2.31. The summed E-state index contributed by atoms with van der Waals surface area (Å²) >= 11 is 0. The minimum absolute atomic E-state index is 0.0592. The fraction of sp³-hybridized carbons (Fsp3) is 0.167. The van der Waals surface area contributed by atoms with Gasteiger partial charge in [0.05, 0.1) is 0 Å². The number of hydrogen-bond donors (Lipinski definition) is 2. The average Bonchev–Trinajstić information content (AvgIpc) is 3.03. The highest BCUT2D eigenvalue weighted by atomic mass is 19.1. The number of carbonyl (C=O) groups is 2. The quantitative estimate of drug-likeness (QED) is 0.666. The molecule has 4 rings (SSSR count). The van der Waals surface area contributed by atoms with E-state index in [0.29, 0.717) is 24.0 Å². The maximum atomic E-state index is 13.7. The molecule has 1 atom stereocenters. The van der Waals surface area contributed by atoms with Crippen molar-refractivity contribution in [2.75, 3.05) is 0 Å². The van der Waals surface area contributed by atoms with Crippen LogP contribution in [0.3, 0.4) is 0 Å². The molecule has 0 radical (unpaired) electrons. The molecule has 0 saturated heterocycles. The third-order valence-corrected chi connectivity index (χ3v) is 5.34. The molecule has 3 aromatic carbocycles. The molecule has 4 nitrogen and oxygen atoms in total. The third-order valence-electron chi connectivity index (χ3n) is 5.34. The van der Waals surface area contributed by atoms with Crippen molar-refractivity contribution in [1.29, 1.82) is 0 Å². The third kappa shape index (κ3) is 4.08. The van der Waals surface area contributed by atoms with Gasteiger partial charge in [0, 0.05) is 29.2 Å². The Morgan fingerprint density at radius 1 is 1.03 bits per heavy atom. The molecule has 0 aliphatic heterocycles. The van der Waals surface area contributed by atoms with E-state index in [1.54, 1.807) is 36.4 Å². The molecule has 1 aliphatic rings. The van der Waals surface area contributed by atoms with Gasteiger partial charge in [-0.25, -0.2) is 8.78 Å². The molecular formula is C24H19F2NO3. The number of benzene rings is 3. The van der Waals surface area contributed by atoms with E-state index in [4.69, 9.17) is 0 Å². The minimum atomic E-state index is -0.581. The molecule has 1 unspecified atom stereocenters. The molecule has 2 N–H and O–H groups in total. The number of Topliss-reactive ketones (excluding diaryl/α,β-unsaturated/α-hetero) is 1. The van der Waals surface area contributed by atoms with Gasteiger partial charge in [-0.3, -0.25) is 9.59 Å². The van der Waals surface area contributed by atoms with Gasteiger partial charge < -0.3 is 10.4 Å². The number of ketones is 1. The lowest BCUT2D eigenvalue weighted by molar-refractivity contribution is 0.0932. The Morgan fingerprint density at radius 3 is 2.57 bits per heavy atom. The monoisotopic (exact) mass is 407 g/mol. The van der Waals surface area contributed by atoms with Crippen molar-refractivity contribution in [3.8, 4) is 5.75 Å². The van der Waals surface area contributed by atoms with Crippen LogP contribution < -0.4 is 5.32 Å². The normalized spacial score (nSPS) is 15.1. The van der Waals surface area contributed by atoms with E-state index in [0.717, 1.165) is 29.3 Å². The van der Waals surface area contributed by atoms with Crippen LogP contribution in [0.2, 0.25) is 0 Å². The number of hydrogen-bond acceptors (Lipinski definition) is 3. The molecule has 0 bridgehead atoms. The standard InChI is InChI=1S/C24H19F2NO3/c25-19-5-8-22(26)18(11-19)13-27-24(30)15-3-1-14(2-4-15)9-17-10-16-12-20(28)6-7-21(16)23(17)29/h1-8,11-12,17,28H,9-10,13H2,(H,27,30). The summed E-state index contributed by atoms with van der Waals surface area (Å²) in [6.45, 7) is -0.119. The van der Waals surface area contributed by atoms with Crippen LogP contribution in [0.4, 0.5) is 8.78 Å². The summed E-state index contributed by atoms with van der Waals surface area (Å²) in [5, 5.41) is 12.2. The summed E-state index contributed by atoms with van der Waals surface area (Å²) in [4.78, 5) is 24.9. The fourth-order valence-corrected chi connectivity index (χ4v) is 3.77. The summed E-state index contributed by atoms with van der Waals surface area (Å²) in [5.41, 5.74) is 2.88. The first-order valence-corrected chi connectivity index (χ1v) is 9.58. The minimum Gasteiger partial charge on any atom is -0.508 e. The smallest absolute Gasteiger partial charge is 0.251 e. The van der Waals surface area contributed by atoms with E-state index in [2.05, 4.69) is 5.32 Å². The van der Waals surface area contributed by atoms with Crippen LogP contribution in [0.25, 0.3) is 0 Å². The molecule has 6 heteroatoms. The summed E-state index contributed by atoms with van der Waals surface area (Å²) in [6, 6.07) is 14.7. The number of rotatable bonds is 5. The summed E-state index contributed by atoms with van der Waals surface area (Å²) < 4.78 is 26.9. The summed E-state index contributed by atoms with van der Waals surface area (Å²) in [7, 11) is 0. The van der Waals surface area contributed by atoms with E-state index in [-0.39, 0.29) is 29.6 Å². The topological polar surface area (TPSA) is 66.4 Å². The van der Waals surface area contributed by atoms with Gasteiger partial charge in [-0.1, -0.05) is 12.1 Å².